The number of nitrogens with one attached hydrogen (secondary N) is 1. The normalized spacial score (nSPS) is 12.8. The average molecular weight is 316 g/mol. The van der Waals surface area contributed by atoms with Gasteiger partial charge in [-0.1, -0.05) is 24.3 Å². The third-order valence-corrected chi connectivity index (χ3v) is 5.78. The number of hydrogen-bond acceptors (Lipinski definition) is 3. The van der Waals surface area contributed by atoms with Crippen LogP contribution in [0.25, 0.3) is 10.1 Å². The van der Waals surface area contributed by atoms with Gasteiger partial charge >= 0.3 is 0 Å². The third-order valence-electron chi connectivity index (χ3n) is 3.86. The molecule has 0 fully saturated rings. The molecule has 0 aliphatic carbocycles. The van der Waals surface area contributed by atoms with Crippen LogP contribution in [0, 0.1) is 0 Å². The average Bonchev–Trinajstić information content (AvgIpc) is 3.16. The van der Waals surface area contributed by atoms with E-state index in [0.717, 1.165) is 6.54 Å². The highest BCUT2D eigenvalue weighted by atomic mass is 32.1. The number of thiophene rings is 2. The molecular formula is C18H21NS2. The molecule has 1 nitrogen and oxygen atoms in total. The predicted octanol–water partition coefficient (Wildman–Crippen LogP) is 5.64. The second-order valence-corrected chi connectivity index (χ2v) is 7.34. The molecule has 0 aliphatic heterocycles. The van der Waals surface area contributed by atoms with Crippen LogP contribution < -0.4 is 5.32 Å². The molecule has 3 aromatic rings. The van der Waals surface area contributed by atoms with Crippen LogP contribution in [0.5, 0.6) is 0 Å². The Bertz CT molecular complexity index is 669. The van der Waals surface area contributed by atoms with E-state index in [-0.39, 0.29) is 0 Å². The Morgan fingerprint density at radius 3 is 2.81 bits per heavy atom. The lowest BCUT2D eigenvalue weighted by molar-refractivity contribution is 0.550. The van der Waals surface area contributed by atoms with E-state index in [9.17, 15) is 0 Å². The lowest BCUT2D eigenvalue weighted by Gasteiger charge is -2.13. The first kappa shape index (κ1) is 14.8. The van der Waals surface area contributed by atoms with Crippen LogP contribution in [0.1, 0.15) is 36.2 Å². The van der Waals surface area contributed by atoms with Crippen LogP contribution in [0.15, 0.2) is 47.2 Å². The molecule has 0 amide bonds. The van der Waals surface area contributed by atoms with E-state index in [1.165, 1.54) is 39.8 Å². The van der Waals surface area contributed by atoms with Gasteiger partial charge in [0.15, 0.2) is 0 Å². The number of fused-ring (bicyclic) bond motifs is 1. The topological polar surface area (TPSA) is 12.0 Å². The molecule has 110 valence electrons. The van der Waals surface area contributed by atoms with Gasteiger partial charge in [0.25, 0.3) is 0 Å². The Morgan fingerprint density at radius 2 is 1.95 bits per heavy atom. The summed E-state index contributed by atoms with van der Waals surface area (Å²) in [5.74, 6) is 0. The van der Waals surface area contributed by atoms with E-state index < -0.39 is 0 Å². The van der Waals surface area contributed by atoms with Crippen LogP contribution in [-0.2, 0) is 6.42 Å². The van der Waals surface area contributed by atoms with Gasteiger partial charge in [0.05, 0.1) is 0 Å². The predicted molar refractivity (Wildman–Crippen MR) is 95.5 cm³/mol. The Hall–Kier alpha value is -1.16. The monoisotopic (exact) mass is 315 g/mol. The fourth-order valence-electron chi connectivity index (χ4n) is 2.64. The van der Waals surface area contributed by atoms with Crippen LogP contribution in [-0.4, -0.2) is 6.54 Å². The molecule has 0 aliphatic rings. The zero-order valence-corrected chi connectivity index (χ0v) is 14.0. The molecule has 0 saturated heterocycles. The Balaban J connectivity index is 1.47. The molecule has 0 spiro atoms. The molecule has 2 heterocycles. The van der Waals surface area contributed by atoms with Crippen molar-refractivity contribution in [2.24, 2.45) is 0 Å². The Morgan fingerprint density at radius 1 is 1.05 bits per heavy atom. The number of rotatable bonds is 7. The molecule has 0 radical (unpaired) electrons. The van der Waals surface area contributed by atoms with Crippen molar-refractivity contribution in [3.05, 3.63) is 57.6 Å². The van der Waals surface area contributed by atoms with Crippen LogP contribution >= 0.6 is 22.7 Å². The molecule has 21 heavy (non-hydrogen) atoms. The summed E-state index contributed by atoms with van der Waals surface area (Å²) in [6, 6.07) is 13.5. The van der Waals surface area contributed by atoms with Gasteiger partial charge in [-0.15, -0.1) is 22.7 Å². The van der Waals surface area contributed by atoms with Crippen molar-refractivity contribution in [2.75, 3.05) is 6.54 Å². The Labute approximate surface area is 134 Å². The maximum Gasteiger partial charge on any atom is 0.0346 e. The zero-order valence-electron chi connectivity index (χ0n) is 12.3. The summed E-state index contributed by atoms with van der Waals surface area (Å²) in [5.41, 5.74) is 1.44. The first-order valence-electron chi connectivity index (χ1n) is 7.56. The van der Waals surface area contributed by atoms with Crippen molar-refractivity contribution in [1.82, 2.24) is 5.32 Å². The first-order chi connectivity index (χ1) is 10.3. The summed E-state index contributed by atoms with van der Waals surface area (Å²) in [6.07, 6.45) is 3.73. The number of hydrogen-bond donors (Lipinski definition) is 1. The van der Waals surface area contributed by atoms with E-state index >= 15 is 0 Å². The minimum absolute atomic E-state index is 0.433. The lowest BCUT2D eigenvalue weighted by atomic mass is 10.1. The Kier molecular flexibility index (Phi) is 5.07. The fourth-order valence-corrected chi connectivity index (χ4v) is 4.45. The molecule has 1 atom stereocenters. The van der Waals surface area contributed by atoms with Gasteiger partial charge in [-0.2, -0.15) is 0 Å². The van der Waals surface area contributed by atoms with Gasteiger partial charge in [-0.05, 0) is 66.6 Å². The standard InChI is InChI=1S/C18H21NS2/c1-14(17-13-21-18-10-3-2-9-16(17)18)19-11-5-4-7-15-8-6-12-20-15/h2-3,6,8-10,12-14,19H,4-5,7,11H2,1H3. The summed E-state index contributed by atoms with van der Waals surface area (Å²) in [7, 11) is 0. The molecule has 0 saturated carbocycles. The van der Waals surface area contributed by atoms with Gasteiger partial charge < -0.3 is 5.32 Å². The quantitative estimate of drug-likeness (QED) is 0.557. The van der Waals surface area contributed by atoms with Crippen molar-refractivity contribution >= 4 is 32.8 Å². The zero-order chi connectivity index (χ0) is 14.5. The van der Waals surface area contributed by atoms with E-state index in [1.54, 1.807) is 0 Å². The molecule has 1 unspecified atom stereocenters. The van der Waals surface area contributed by atoms with E-state index in [2.05, 4.69) is 59.4 Å². The van der Waals surface area contributed by atoms with E-state index in [0.29, 0.717) is 6.04 Å². The molecular weight excluding hydrogens is 294 g/mol. The highest BCUT2D eigenvalue weighted by Crippen LogP contribution is 2.29. The lowest BCUT2D eigenvalue weighted by Crippen LogP contribution is -2.19. The minimum Gasteiger partial charge on any atom is -0.310 e. The molecule has 0 bridgehead atoms. The molecule has 2 aromatic heterocycles. The number of unbranched alkanes of at least 4 members (excludes halogenated alkanes) is 1. The maximum atomic E-state index is 3.67. The maximum absolute atomic E-state index is 3.67. The van der Waals surface area contributed by atoms with Gasteiger partial charge in [-0.3, -0.25) is 0 Å². The SMILES string of the molecule is CC(NCCCCc1cccs1)c1csc2ccccc12. The third kappa shape index (κ3) is 3.73. The fraction of sp³-hybridized carbons (Fsp3) is 0.333. The summed E-state index contributed by atoms with van der Waals surface area (Å²) >= 11 is 3.71. The largest absolute Gasteiger partial charge is 0.310 e. The van der Waals surface area contributed by atoms with Crippen LogP contribution in [0.2, 0.25) is 0 Å². The molecule has 3 heteroatoms. The van der Waals surface area contributed by atoms with Crippen LogP contribution in [0.4, 0.5) is 0 Å². The second-order valence-electron chi connectivity index (χ2n) is 5.40. The smallest absolute Gasteiger partial charge is 0.0346 e. The van der Waals surface area contributed by atoms with Crippen molar-refractivity contribution in [3.63, 3.8) is 0 Å². The highest BCUT2D eigenvalue weighted by Gasteiger charge is 2.10. The van der Waals surface area contributed by atoms with Crippen molar-refractivity contribution in [3.8, 4) is 0 Å². The van der Waals surface area contributed by atoms with Gasteiger partial charge in [-0.25, -0.2) is 0 Å². The van der Waals surface area contributed by atoms with Crippen molar-refractivity contribution in [2.45, 2.75) is 32.2 Å². The van der Waals surface area contributed by atoms with Crippen LogP contribution in [0.3, 0.4) is 0 Å². The van der Waals surface area contributed by atoms with Gasteiger partial charge in [0.1, 0.15) is 0 Å². The first-order valence-corrected chi connectivity index (χ1v) is 9.32. The van der Waals surface area contributed by atoms with Crippen molar-refractivity contribution < 1.29 is 0 Å². The molecule has 3 rings (SSSR count). The van der Waals surface area contributed by atoms with E-state index in [1.807, 2.05) is 22.7 Å². The van der Waals surface area contributed by atoms with Crippen molar-refractivity contribution in [1.29, 1.82) is 0 Å². The second kappa shape index (κ2) is 7.21. The summed E-state index contributed by atoms with van der Waals surface area (Å²) in [6.45, 7) is 3.37. The summed E-state index contributed by atoms with van der Waals surface area (Å²) in [5, 5.41) is 9.53. The molecule has 1 aromatic carbocycles. The summed E-state index contributed by atoms with van der Waals surface area (Å²) < 4.78 is 1.39. The summed E-state index contributed by atoms with van der Waals surface area (Å²) in [4.78, 5) is 1.51. The molecule has 1 N–H and O–H groups in total. The highest BCUT2D eigenvalue weighted by molar-refractivity contribution is 7.17. The van der Waals surface area contributed by atoms with E-state index in [4.69, 9.17) is 0 Å². The number of benzene rings is 1. The van der Waals surface area contributed by atoms with Gasteiger partial charge in [0.2, 0.25) is 0 Å². The minimum atomic E-state index is 0.433. The number of aryl methyl sites for hydroxylation is 1. The van der Waals surface area contributed by atoms with Gasteiger partial charge in [0, 0.05) is 15.6 Å².